The van der Waals surface area contributed by atoms with Crippen molar-refractivity contribution < 1.29 is 19.6 Å². The lowest BCUT2D eigenvalue weighted by Gasteiger charge is -2.27. The van der Waals surface area contributed by atoms with Crippen LogP contribution in [0.1, 0.15) is 13.8 Å². The maximum Gasteiger partial charge on any atom is 0.271 e. The summed E-state index contributed by atoms with van der Waals surface area (Å²) >= 11 is 0. The highest BCUT2D eigenvalue weighted by atomic mass is 16.6. The average molecular weight is 341 g/mol. The van der Waals surface area contributed by atoms with Crippen LogP contribution in [-0.4, -0.2) is 16.8 Å². The lowest BCUT2D eigenvalue weighted by atomic mass is 9.82. The number of nitro benzene ring substituents is 1. The van der Waals surface area contributed by atoms with Crippen LogP contribution in [0.25, 0.3) is 0 Å². The molecule has 0 saturated heterocycles. The third-order valence-electron chi connectivity index (χ3n) is 4.88. The number of fused-ring (bicyclic) bond motifs is 2. The Hall–Kier alpha value is -2.96. The third kappa shape index (κ3) is 2.82. The number of carbonyl (C=O) groups is 2. The number of anilines is 1. The summed E-state index contributed by atoms with van der Waals surface area (Å²) in [5, 5.41) is 25.1. The molecule has 2 aliphatic rings. The molecule has 2 aliphatic carbocycles. The van der Waals surface area contributed by atoms with Gasteiger partial charge >= 0.3 is 0 Å². The van der Waals surface area contributed by atoms with Crippen molar-refractivity contribution in [3.8, 4) is 0 Å². The largest absolute Gasteiger partial charge is 0.550 e. The monoisotopic (exact) mass is 341 g/mol. The van der Waals surface area contributed by atoms with E-state index in [1.54, 1.807) is 0 Å². The fourth-order valence-electron chi connectivity index (χ4n) is 3.95. The lowest BCUT2D eigenvalue weighted by molar-refractivity contribution is -0.384. The Labute approximate surface area is 144 Å². The first-order valence-electron chi connectivity index (χ1n) is 7.93. The number of carboxylic acids is 1. The number of nitro groups is 1. The highest BCUT2D eigenvalue weighted by Crippen LogP contribution is 2.53. The third-order valence-corrected chi connectivity index (χ3v) is 4.88. The van der Waals surface area contributed by atoms with Gasteiger partial charge in [-0.25, -0.2) is 0 Å². The highest BCUT2D eigenvalue weighted by molar-refractivity contribution is 5.97. The van der Waals surface area contributed by atoms with E-state index in [1.165, 1.54) is 24.3 Å². The zero-order chi connectivity index (χ0) is 18.3. The van der Waals surface area contributed by atoms with Gasteiger partial charge in [-0.15, -0.1) is 0 Å². The Morgan fingerprint density at radius 2 is 1.76 bits per heavy atom. The number of benzene rings is 1. The molecule has 1 saturated carbocycles. The van der Waals surface area contributed by atoms with E-state index in [0.29, 0.717) is 0 Å². The first-order chi connectivity index (χ1) is 11.8. The van der Waals surface area contributed by atoms with Gasteiger partial charge in [-0.2, -0.15) is 0 Å². The summed E-state index contributed by atoms with van der Waals surface area (Å²) in [6, 6.07) is 5.56. The molecule has 7 heteroatoms. The first-order valence-corrected chi connectivity index (χ1v) is 7.93. The molecule has 0 aromatic heterocycles. The number of aliphatic carboxylic acids is 1. The van der Waals surface area contributed by atoms with Gasteiger partial charge in [0.15, 0.2) is 0 Å². The number of amides is 1. The zero-order valence-corrected chi connectivity index (χ0v) is 13.8. The van der Waals surface area contributed by atoms with Crippen LogP contribution in [-0.2, 0) is 9.59 Å². The van der Waals surface area contributed by atoms with Gasteiger partial charge < -0.3 is 15.2 Å². The van der Waals surface area contributed by atoms with Crippen molar-refractivity contribution in [2.45, 2.75) is 13.8 Å². The Bertz CT molecular complexity index is 823. The van der Waals surface area contributed by atoms with Crippen molar-refractivity contribution in [1.82, 2.24) is 0 Å². The Balaban J connectivity index is 1.90. The molecule has 1 aromatic carbocycles. The fourth-order valence-corrected chi connectivity index (χ4v) is 3.95. The summed E-state index contributed by atoms with van der Waals surface area (Å²) in [5.74, 6) is -4.06. The Kier molecular flexibility index (Phi) is 4.16. The van der Waals surface area contributed by atoms with Gasteiger partial charge in [0.2, 0.25) is 5.91 Å². The summed E-state index contributed by atoms with van der Waals surface area (Å²) in [6.45, 7) is 3.80. The Morgan fingerprint density at radius 3 is 2.32 bits per heavy atom. The molecule has 0 radical (unpaired) electrons. The smallest absolute Gasteiger partial charge is 0.271 e. The first kappa shape index (κ1) is 16.9. The second-order valence-electron chi connectivity index (χ2n) is 6.56. The van der Waals surface area contributed by atoms with E-state index in [1.807, 2.05) is 26.0 Å². The predicted octanol–water partition coefficient (Wildman–Crippen LogP) is 1.67. The van der Waals surface area contributed by atoms with Crippen LogP contribution in [0, 0.1) is 33.8 Å². The minimum absolute atomic E-state index is 0.146. The van der Waals surface area contributed by atoms with Crippen molar-refractivity contribution in [3.63, 3.8) is 0 Å². The molecular weight excluding hydrogens is 324 g/mol. The van der Waals surface area contributed by atoms with E-state index in [4.69, 9.17) is 0 Å². The van der Waals surface area contributed by atoms with Crippen LogP contribution in [0.15, 0.2) is 47.6 Å². The van der Waals surface area contributed by atoms with E-state index in [0.717, 1.165) is 11.1 Å². The molecule has 7 nitrogen and oxygen atoms in total. The maximum absolute atomic E-state index is 12.7. The van der Waals surface area contributed by atoms with Crippen molar-refractivity contribution in [2.75, 3.05) is 5.32 Å². The van der Waals surface area contributed by atoms with Crippen LogP contribution < -0.4 is 10.4 Å². The number of nitrogens with one attached hydrogen (secondary N) is 1. The fraction of sp³-hybridized carbons (Fsp3) is 0.333. The second kappa shape index (κ2) is 6.16. The minimum atomic E-state index is -1.25. The van der Waals surface area contributed by atoms with Gasteiger partial charge in [-0.1, -0.05) is 29.4 Å². The quantitative estimate of drug-likeness (QED) is 0.508. The van der Waals surface area contributed by atoms with Crippen molar-refractivity contribution >= 4 is 23.3 Å². The summed E-state index contributed by atoms with van der Waals surface area (Å²) in [5.41, 5.74) is 2.07. The molecule has 0 unspecified atom stereocenters. The summed E-state index contributed by atoms with van der Waals surface area (Å²) < 4.78 is 0. The second-order valence-corrected chi connectivity index (χ2v) is 6.56. The normalized spacial score (nSPS) is 26.6. The number of carbonyl (C=O) groups excluding carboxylic acids is 2. The number of allylic oxidation sites excluding steroid dienone is 4. The van der Waals surface area contributed by atoms with Gasteiger partial charge in [-0.3, -0.25) is 14.9 Å². The summed E-state index contributed by atoms with van der Waals surface area (Å²) in [4.78, 5) is 34.7. The van der Waals surface area contributed by atoms with Crippen LogP contribution in [0.4, 0.5) is 11.4 Å². The predicted molar refractivity (Wildman–Crippen MR) is 88.2 cm³/mol. The van der Waals surface area contributed by atoms with E-state index in [2.05, 4.69) is 5.32 Å². The molecule has 2 bridgehead atoms. The van der Waals surface area contributed by atoms with Gasteiger partial charge in [0.05, 0.1) is 10.8 Å². The van der Waals surface area contributed by atoms with Crippen LogP contribution in [0.2, 0.25) is 0 Å². The molecule has 130 valence electrons. The van der Waals surface area contributed by atoms with Crippen molar-refractivity contribution in [2.24, 2.45) is 23.7 Å². The van der Waals surface area contributed by atoms with Crippen molar-refractivity contribution in [3.05, 3.63) is 57.7 Å². The highest BCUT2D eigenvalue weighted by Gasteiger charge is 2.52. The maximum atomic E-state index is 12.7. The van der Waals surface area contributed by atoms with Crippen molar-refractivity contribution in [1.29, 1.82) is 0 Å². The van der Waals surface area contributed by atoms with E-state index >= 15 is 0 Å². The molecular formula is C18H17N2O5-. The number of hydrogen-bond donors (Lipinski definition) is 1. The molecule has 1 aromatic rings. The SMILES string of the molecule is CC(C)=C1[C@@H]2C=C[C@@H]1[C@@H](C(=O)Nc1cccc([N+](=O)[O-])c1)[C@H]2C(=O)[O-]. The zero-order valence-electron chi connectivity index (χ0n) is 13.8. The molecule has 4 atom stereocenters. The summed E-state index contributed by atoms with van der Waals surface area (Å²) in [6.07, 6.45) is 3.69. The topological polar surface area (TPSA) is 112 Å². The molecule has 0 spiro atoms. The minimum Gasteiger partial charge on any atom is -0.550 e. The number of carboxylic acid groups (broad SMARTS) is 1. The van der Waals surface area contributed by atoms with Gasteiger partial charge in [0, 0.05) is 41.5 Å². The van der Waals surface area contributed by atoms with E-state index < -0.39 is 28.6 Å². The lowest BCUT2D eigenvalue weighted by Crippen LogP contribution is -2.42. The van der Waals surface area contributed by atoms with Crippen LogP contribution >= 0.6 is 0 Å². The molecule has 0 heterocycles. The number of rotatable bonds is 4. The van der Waals surface area contributed by atoms with E-state index in [9.17, 15) is 24.8 Å². The van der Waals surface area contributed by atoms with Crippen LogP contribution in [0.3, 0.4) is 0 Å². The molecule has 1 N–H and O–H groups in total. The van der Waals surface area contributed by atoms with Gasteiger partial charge in [0.1, 0.15) is 0 Å². The number of hydrogen-bond acceptors (Lipinski definition) is 5. The van der Waals surface area contributed by atoms with Crippen LogP contribution in [0.5, 0.6) is 0 Å². The summed E-state index contributed by atoms with van der Waals surface area (Å²) in [7, 11) is 0. The van der Waals surface area contributed by atoms with Gasteiger partial charge in [-0.05, 0) is 19.9 Å². The van der Waals surface area contributed by atoms with Gasteiger partial charge in [0.25, 0.3) is 5.69 Å². The molecule has 0 aliphatic heterocycles. The average Bonchev–Trinajstić information content (AvgIpc) is 3.11. The molecule has 3 rings (SSSR count). The number of non-ortho nitro benzene ring substituents is 1. The molecule has 1 fully saturated rings. The molecule has 25 heavy (non-hydrogen) atoms. The number of nitrogens with zero attached hydrogens (tertiary/aromatic N) is 1. The Morgan fingerprint density at radius 1 is 1.12 bits per heavy atom. The van der Waals surface area contributed by atoms with E-state index in [-0.39, 0.29) is 23.2 Å². The molecule has 1 amide bonds. The standard InChI is InChI=1S/C18H18N2O5/c1-9(2)14-12-6-7-13(14)16(18(22)23)15(12)17(21)19-10-4-3-5-11(8-10)20(24)25/h3-8,12-13,15-16H,1-2H3,(H,19,21)(H,22,23)/p-1/t12-,13-,15+,16-/m0/s1.